The number of hydrogen-bond acceptors (Lipinski definition) is 2. The zero-order chi connectivity index (χ0) is 12.1. The molecular formula is C11H14FNO2S. The van der Waals surface area contributed by atoms with Gasteiger partial charge in [0, 0.05) is 13.6 Å². The molecule has 0 aliphatic carbocycles. The van der Waals surface area contributed by atoms with Crippen LogP contribution in [0.2, 0.25) is 0 Å². The van der Waals surface area contributed by atoms with E-state index in [2.05, 4.69) is 12.6 Å². The fraction of sp³-hybridized carbons (Fsp3) is 0.364. The van der Waals surface area contributed by atoms with Gasteiger partial charge in [0.2, 0.25) is 0 Å². The molecule has 1 aromatic carbocycles. The van der Waals surface area contributed by atoms with E-state index in [1.54, 1.807) is 19.2 Å². The first-order chi connectivity index (χ1) is 7.54. The predicted molar refractivity (Wildman–Crippen MR) is 63.7 cm³/mol. The van der Waals surface area contributed by atoms with Crippen molar-refractivity contribution in [3.8, 4) is 5.75 Å². The first-order valence-electron chi connectivity index (χ1n) is 4.81. The van der Waals surface area contributed by atoms with Gasteiger partial charge in [0.05, 0.1) is 7.11 Å². The molecule has 5 heteroatoms. The summed E-state index contributed by atoms with van der Waals surface area (Å²) in [5, 5.41) is -0.297. The number of carbonyl (C=O) groups excluding carboxylic acids is 1. The molecule has 0 aliphatic rings. The summed E-state index contributed by atoms with van der Waals surface area (Å²) < 4.78 is 18.1. The number of carbonyl (C=O) groups is 1. The van der Waals surface area contributed by atoms with E-state index in [1.807, 2.05) is 0 Å². The minimum atomic E-state index is -0.389. The van der Waals surface area contributed by atoms with Crippen molar-refractivity contribution in [2.75, 3.05) is 20.7 Å². The lowest BCUT2D eigenvalue weighted by atomic mass is 10.1. The normalized spacial score (nSPS) is 10.0. The SMILES string of the molecule is COc1ccc(CCN(C)C(=O)S)cc1F. The quantitative estimate of drug-likeness (QED) is 0.823. The summed E-state index contributed by atoms with van der Waals surface area (Å²) in [5.41, 5.74) is 0.819. The van der Waals surface area contributed by atoms with Gasteiger partial charge in [-0.3, -0.25) is 4.79 Å². The third-order valence-corrected chi connectivity index (χ3v) is 2.62. The van der Waals surface area contributed by atoms with E-state index in [0.717, 1.165) is 5.56 Å². The lowest BCUT2D eigenvalue weighted by Gasteiger charge is -2.13. The Hall–Kier alpha value is -1.23. The number of halogens is 1. The Morgan fingerprint density at radius 2 is 2.25 bits per heavy atom. The van der Waals surface area contributed by atoms with Gasteiger partial charge in [-0.25, -0.2) is 4.39 Å². The molecule has 3 nitrogen and oxygen atoms in total. The number of ether oxygens (including phenoxy) is 1. The molecule has 0 radical (unpaired) electrons. The topological polar surface area (TPSA) is 29.5 Å². The number of rotatable bonds is 4. The number of methoxy groups -OCH3 is 1. The first-order valence-corrected chi connectivity index (χ1v) is 5.25. The highest BCUT2D eigenvalue weighted by molar-refractivity contribution is 7.96. The molecule has 0 heterocycles. The van der Waals surface area contributed by atoms with Crippen molar-refractivity contribution in [1.29, 1.82) is 0 Å². The Labute approximate surface area is 99.6 Å². The van der Waals surface area contributed by atoms with E-state index in [1.165, 1.54) is 18.1 Å². The molecule has 16 heavy (non-hydrogen) atoms. The van der Waals surface area contributed by atoms with Crippen molar-refractivity contribution in [2.24, 2.45) is 0 Å². The van der Waals surface area contributed by atoms with Crippen LogP contribution in [0, 0.1) is 5.82 Å². The van der Waals surface area contributed by atoms with Crippen molar-refractivity contribution >= 4 is 17.9 Å². The number of thiol groups is 1. The second-order valence-electron chi connectivity index (χ2n) is 3.42. The molecule has 1 aromatic rings. The van der Waals surface area contributed by atoms with Gasteiger partial charge in [0.1, 0.15) is 0 Å². The van der Waals surface area contributed by atoms with Gasteiger partial charge in [-0.15, -0.1) is 0 Å². The smallest absolute Gasteiger partial charge is 0.278 e. The molecule has 0 fully saturated rings. The van der Waals surface area contributed by atoms with E-state index in [4.69, 9.17) is 4.74 Å². The zero-order valence-corrected chi connectivity index (χ0v) is 10.1. The molecule has 1 rings (SSSR count). The lowest BCUT2D eigenvalue weighted by molar-refractivity contribution is 0.234. The van der Waals surface area contributed by atoms with E-state index in [9.17, 15) is 9.18 Å². The number of benzene rings is 1. The number of nitrogens with zero attached hydrogens (tertiary/aromatic N) is 1. The van der Waals surface area contributed by atoms with Crippen molar-refractivity contribution in [2.45, 2.75) is 6.42 Å². The van der Waals surface area contributed by atoms with Crippen LogP contribution in [-0.4, -0.2) is 30.8 Å². The predicted octanol–water partition coefficient (Wildman–Crippen LogP) is 2.36. The zero-order valence-electron chi connectivity index (χ0n) is 9.24. The van der Waals surface area contributed by atoms with E-state index >= 15 is 0 Å². The van der Waals surface area contributed by atoms with Gasteiger partial charge in [0.15, 0.2) is 11.6 Å². The van der Waals surface area contributed by atoms with Gasteiger partial charge < -0.3 is 9.64 Å². The largest absolute Gasteiger partial charge is 0.494 e. The van der Waals surface area contributed by atoms with Crippen LogP contribution in [0.3, 0.4) is 0 Å². The highest BCUT2D eigenvalue weighted by Crippen LogP contribution is 2.18. The molecule has 0 bridgehead atoms. The second kappa shape index (κ2) is 5.75. The fourth-order valence-corrected chi connectivity index (χ4v) is 1.36. The number of likely N-dealkylation sites (N-methyl/N-ethyl adjacent to an activating group) is 1. The van der Waals surface area contributed by atoms with Gasteiger partial charge in [-0.1, -0.05) is 18.7 Å². The first kappa shape index (κ1) is 12.8. The summed E-state index contributed by atoms with van der Waals surface area (Å²) >= 11 is 3.68. The fourth-order valence-electron chi connectivity index (χ4n) is 1.26. The molecule has 0 saturated carbocycles. The second-order valence-corrected chi connectivity index (χ2v) is 3.81. The average Bonchev–Trinajstić information content (AvgIpc) is 2.25. The third kappa shape index (κ3) is 3.41. The summed E-state index contributed by atoms with van der Waals surface area (Å²) in [4.78, 5) is 12.3. The maximum absolute atomic E-state index is 13.3. The van der Waals surface area contributed by atoms with E-state index in [0.29, 0.717) is 13.0 Å². The minimum Gasteiger partial charge on any atom is -0.494 e. The van der Waals surface area contributed by atoms with Crippen LogP contribution in [0.5, 0.6) is 5.75 Å². The van der Waals surface area contributed by atoms with Gasteiger partial charge in [0.25, 0.3) is 5.24 Å². The summed E-state index contributed by atoms with van der Waals surface area (Å²) in [5.74, 6) is -0.165. The van der Waals surface area contributed by atoms with Crippen molar-refractivity contribution in [3.63, 3.8) is 0 Å². The third-order valence-electron chi connectivity index (χ3n) is 2.28. The maximum atomic E-state index is 13.3. The number of amides is 1. The van der Waals surface area contributed by atoms with Crippen molar-refractivity contribution in [1.82, 2.24) is 4.90 Å². The molecule has 0 spiro atoms. The molecule has 88 valence electrons. The molecule has 0 atom stereocenters. The Kier molecular flexibility index (Phi) is 4.61. The van der Waals surface area contributed by atoms with Gasteiger partial charge in [-0.05, 0) is 24.1 Å². The molecule has 0 aromatic heterocycles. The molecule has 1 amide bonds. The monoisotopic (exact) mass is 243 g/mol. The highest BCUT2D eigenvalue weighted by atomic mass is 32.1. The van der Waals surface area contributed by atoms with Crippen LogP contribution >= 0.6 is 12.6 Å². The van der Waals surface area contributed by atoms with Crippen LogP contribution in [0.4, 0.5) is 9.18 Å². The van der Waals surface area contributed by atoms with Gasteiger partial charge in [-0.2, -0.15) is 0 Å². The molecule has 0 unspecified atom stereocenters. The Morgan fingerprint density at radius 1 is 1.56 bits per heavy atom. The van der Waals surface area contributed by atoms with Crippen LogP contribution in [0.15, 0.2) is 18.2 Å². The van der Waals surface area contributed by atoms with Crippen LogP contribution < -0.4 is 4.74 Å². The minimum absolute atomic E-state index is 0.224. The standard InChI is InChI=1S/C11H14FNO2S/c1-13(11(14)16)6-5-8-3-4-10(15-2)9(12)7-8/h3-4,7H,5-6H2,1-2H3,(H,14,16). The Morgan fingerprint density at radius 3 is 2.75 bits per heavy atom. The van der Waals surface area contributed by atoms with Crippen molar-refractivity contribution in [3.05, 3.63) is 29.6 Å². The van der Waals surface area contributed by atoms with Crippen LogP contribution in [0.1, 0.15) is 5.56 Å². The highest BCUT2D eigenvalue weighted by Gasteiger charge is 2.06. The average molecular weight is 243 g/mol. The summed E-state index contributed by atoms with van der Waals surface area (Å²) in [6.45, 7) is 0.508. The molecule has 0 N–H and O–H groups in total. The lowest BCUT2D eigenvalue weighted by Crippen LogP contribution is -2.23. The summed E-state index contributed by atoms with van der Waals surface area (Å²) in [6, 6.07) is 4.77. The number of hydrogen-bond donors (Lipinski definition) is 1. The summed E-state index contributed by atoms with van der Waals surface area (Å²) in [7, 11) is 3.07. The molecular weight excluding hydrogens is 229 g/mol. The Bertz CT molecular complexity index is 384. The molecule has 0 saturated heterocycles. The maximum Gasteiger partial charge on any atom is 0.278 e. The van der Waals surface area contributed by atoms with E-state index < -0.39 is 0 Å². The Balaban J connectivity index is 2.62. The summed E-state index contributed by atoms with van der Waals surface area (Å²) in [6.07, 6.45) is 0.587. The van der Waals surface area contributed by atoms with Gasteiger partial charge >= 0.3 is 0 Å². The van der Waals surface area contributed by atoms with Crippen LogP contribution in [-0.2, 0) is 6.42 Å². The molecule has 0 aliphatic heterocycles. The van der Waals surface area contributed by atoms with E-state index in [-0.39, 0.29) is 16.8 Å². The van der Waals surface area contributed by atoms with Crippen LogP contribution in [0.25, 0.3) is 0 Å². The van der Waals surface area contributed by atoms with Crippen molar-refractivity contribution < 1.29 is 13.9 Å².